The van der Waals surface area contributed by atoms with Crippen LogP contribution in [-0.2, 0) is 5.41 Å². The molecule has 1 atom stereocenters. The van der Waals surface area contributed by atoms with E-state index in [4.69, 9.17) is 0 Å². The minimum atomic E-state index is 0.00226. The van der Waals surface area contributed by atoms with Crippen molar-refractivity contribution in [2.75, 3.05) is 24.5 Å². The minimum Gasteiger partial charge on any atom is -0.316 e. The van der Waals surface area contributed by atoms with Gasteiger partial charge in [0.25, 0.3) is 5.91 Å². The number of carbonyl (C=O) groups is 1. The third kappa shape index (κ3) is 1.63. The lowest BCUT2D eigenvalue weighted by Gasteiger charge is -2.22. The Labute approximate surface area is 121 Å². The predicted octanol–water partition coefficient (Wildman–Crippen LogP) is 2.03. The Kier molecular flexibility index (Phi) is 2.65. The Balaban J connectivity index is 1.78. The van der Waals surface area contributed by atoms with Gasteiger partial charge in [0.15, 0.2) is 0 Å². The maximum Gasteiger partial charge on any atom is 0.259 e. The maximum absolute atomic E-state index is 12.7. The van der Waals surface area contributed by atoms with E-state index in [0.717, 1.165) is 43.0 Å². The second kappa shape index (κ2) is 4.40. The molecule has 2 aromatic heterocycles. The number of carbonyl (C=O) groups excluding carboxylic acids is 1. The number of thiophene rings is 1. The lowest BCUT2D eigenvalue weighted by Crippen LogP contribution is -2.38. The third-order valence-corrected chi connectivity index (χ3v) is 4.98. The first-order valence-corrected chi connectivity index (χ1v) is 7.75. The summed E-state index contributed by atoms with van der Waals surface area (Å²) in [5.74, 6) is 0.0873. The van der Waals surface area contributed by atoms with Gasteiger partial charge in [-0.1, -0.05) is 0 Å². The predicted molar refractivity (Wildman–Crippen MR) is 79.4 cm³/mol. The number of amides is 1. The van der Waals surface area contributed by atoms with Gasteiger partial charge in [0.1, 0.15) is 0 Å². The van der Waals surface area contributed by atoms with Crippen LogP contribution in [0.4, 0.5) is 5.69 Å². The molecular formula is C15H15N3OS. The summed E-state index contributed by atoms with van der Waals surface area (Å²) >= 11 is 1.56. The van der Waals surface area contributed by atoms with Crippen LogP contribution in [0.1, 0.15) is 22.5 Å². The number of nitrogens with zero attached hydrogens (tertiary/aromatic N) is 2. The molecule has 2 aliphatic rings. The average molecular weight is 285 g/mol. The Bertz CT molecular complexity index is 647. The molecule has 1 fully saturated rings. The number of anilines is 1. The second-order valence-corrected chi connectivity index (χ2v) is 6.26. The van der Waals surface area contributed by atoms with Gasteiger partial charge < -0.3 is 10.2 Å². The van der Waals surface area contributed by atoms with Crippen molar-refractivity contribution >= 4 is 22.9 Å². The fourth-order valence-corrected chi connectivity index (χ4v) is 3.92. The van der Waals surface area contributed by atoms with Crippen LogP contribution in [0, 0.1) is 0 Å². The molecular weight excluding hydrogens is 270 g/mol. The molecule has 1 amide bonds. The van der Waals surface area contributed by atoms with E-state index in [2.05, 4.69) is 10.3 Å². The number of aromatic nitrogens is 1. The molecule has 1 N–H and O–H groups in total. The molecule has 0 aliphatic carbocycles. The number of hydrogen-bond acceptors (Lipinski definition) is 4. The van der Waals surface area contributed by atoms with Gasteiger partial charge in [-0.05, 0) is 36.5 Å². The summed E-state index contributed by atoms with van der Waals surface area (Å²) in [6, 6.07) is 5.81. The third-order valence-electron chi connectivity index (χ3n) is 4.30. The first kappa shape index (κ1) is 12.1. The molecule has 1 spiro atoms. The van der Waals surface area contributed by atoms with Crippen molar-refractivity contribution in [1.82, 2.24) is 10.3 Å². The van der Waals surface area contributed by atoms with Gasteiger partial charge in [-0.15, -0.1) is 0 Å². The second-order valence-electron chi connectivity index (χ2n) is 5.48. The number of pyridine rings is 1. The van der Waals surface area contributed by atoms with E-state index in [-0.39, 0.29) is 11.3 Å². The topological polar surface area (TPSA) is 45.2 Å². The Hall–Kier alpha value is -1.72. The van der Waals surface area contributed by atoms with E-state index in [0.29, 0.717) is 0 Å². The molecule has 102 valence electrons. The molecule has 20 heavy (non-hydrogen) atoms. The normalized spacial score (nSPS) is 24.3. The minimum absolute atomic E-state index is 0.00226. The van der Waals surface area contributed by atoms with Crippen molar-refractivity contribution in [3.05, 3.63) is 46.4 Å². The molecule has 5 heteroatoms. The van der Waals surface area contributed by atoms with Crippen LogP contribution in [0.15, 0.2) is 35.2 Å². The quantitative estimate of drug-likeness (QED) is 0.872. The summed E-state index contributed by atoms with van der Waals surface area (Å²) < 4.78 is 0. The van der Waals surface area contributed by atoms with Crippen LogP contribution < -0.4 is 10.2 Å². The van der Waals surface area contributed by atoms with Crippen molar-refractivity contribution in [2.24, 2.45) is 0 Å². The lowest BCUT2D eigenvalue weighted by molar-refractivity contribution is 0.0986. The molecule has 2 aliphatic heterocycles. The maximum atomic E-state index is 12.7. The van der Waals surface area contributed by atoms with Crippen molar-refractivity contribution in [2.45, 2.75) is 11.8 Å². The Morgan fingerprint density at radius 3 is 3.15 bits per heavy atom. The Morgan fingerprint density at radius 2 is 2.40 bits per heavy atom. The van der Waals surface area contributed by atoms with Gasteiger partial charge in [0.2, 0.25) is 0 Å². The highest BCUT2D eigenvalue weighted by Crippen LogP contribution is 2.43. The van der Waals surface area contributed by atoms with E-state index >= 15 is 0 Å². The summed E-state index contributed by atoms with van der Waals surface area (Å²) in [5.41, 5.74) is 2.83. The van der Waals surface area contributed by atoms with Gasteiger partial charge in [-0.2, -0.15) is 11.3 Å². The zero-order chi connectivity index (χ0) is 13.6. The molecule has 4 nitrogen and oxygen atoms in total. The molecule has 0 saturated carbocycles. The highest BCUT2D eigenvalue weighted by atomic mass is 32.1. The van der Waals surface area contributed by atoms with Crippen LogP contribution in [-0.4, -0.2) is 30.5 Å². The molecule has 4 heterocycles. The average Bonchev–Trinajstić information content (AvgIpc) is 3.21. The van der Waals surface area contributed by atoms with Crippen LogP contribution in [0.5, 0.6) is 0 Å². The van der Waals surface area contributed by atoms with Crippen molar-refractivity contribution in [3.63, 3.8) is 0 Å². The highest BCUT2D eigenvalue weighted by molar-refractivity contribution is 7.08. The molecule has 0 unspecified atom stereocenters. The molecule has 0 bridgehead atoms. The molecule has 2 aromatic rings. The van der Waals surface area contributed by atoms with E-state index < -0.39 is 0 Å². The number of fused-ring (bicyclic) bond motifs is 2. The zero-order valence-corrected chi connectivity index (χ0v) is 11.8. The summed E-state index contributed by atoms with van der Waals surface area (Å²) in [5, 5.41) is 7.27. The SMILES string of the molecule is O=C(c1ccsc1)N1C[C@@]2(CCNC2)c2ncccc21. The van der Waals surface area contributed by atoms with E-state index in [9.17, 15) is 4.79 Å². The summed E-state index contributed by atoms with van der Waals surface area (Å²) in [4.78, 5) is 19.2. The number of rotatable bonds is 1. The molecule has 0 aromatic carbocycles. The van der Waals surface area contributed by atoms with Gasteiger partial charge in [-0.25, -0.2) is 0 Å². The van der Waals surface area contributed by atoms with E-state index in [1.807, 2.05) is 40.1 Å². The van der Waals surface area contributed by atoms with Crippen molar-refractivity contribution in [1.29, 1.82) is 0 Å². The largest absolute Gasteiger partial charge is 0.316 e. The van der Waals surface area contributed by atoms with Gasteiger partial charge in [-0.3, -0.25) is 9.78 Å². The molecule has 4 rings (SSSR count). The summed E-state index contributed by atoms with van der Waals surface area (Å²) in [7, 11) is 0. The fraction of sp³-hybridized carbons (Fsp3) is 0.333. The fourth-order valence-electron chi connectivity index (χ4n) is 3.29. The monoisotopic (exact) mass is 285 g/mol. The molecule has 1 saturated heterocycles. The van der Waals surface area contributed by atoms with Crippen molar-refractivity contribution in [3.8, 4) is 0 Å². The Morgan fingerprint density at radius 1 is 1.45 bits per heavy atom. The van der Waals surface area contributed by atoms with Crippen LogP contribution >= 0.6 is 11.3 Å². The number of nitrogens with one attached hydrogen (secondary N) is 1. The molecule has 0 radical (unpaired) electrons. The van der Waals surface area contributed by atoms with E-state index in [1.54, 1.807) is 11.3 Å². The van der Waals surface area contributed by atoms with Crippen LogP contribution in [0.25, 0.3) is 0 Å². The summed E-state index contributed by atoms with van der Waals surface area (Å²) in [6.07, 6.45) is 2.88. The first-order chi connectivity index (χ1) is 9.80. The van der Waals surface area contributed by atoms with Gasteiger partial charge in [0, 0.05) is 30.1 Å². The number of hydrogen-bond donors (Lipinski definition) is 1. The lowest BCUT2D eigenvalue weighted by atomic mass is 9.85. The van der Waals surface area contributed by atoms with E-state index in [1.165, 1.54) is 0 Å². The standard InChI is InChI=1S/C15H15N3OS/c19-14(11-3-7-20-8-11)18-10-15(4-6-16-9-15)13-12(18)2-1-5-17-13/h1-3,5,7-8,16H,4,6,9-10H2/t15-/m0/s1. The zero-order valence-electron chi connectivity index (χ0n) is 11.0. The van der Waals surface area contributed by atoms with Crippen LogP contribution in [0.3, 0.4) is 0 Å². The van der Waals surface area contributed by atoms with Crippen molar-refractivity contribution < 1.29 is 4.79 Å². The van der Waals surface area contributed by atoms with Crippen LogP contribution in [0.2, 0.25) is 0 Å². The summed E-state index contributed by atoms with van der Waals surface area (Å²) in [6.45, 7) is 2.64. The first-order valence-electron chi connectivity index (χ1n) is 6.80. The van der Waals surface area contributed by atoms with Gasteiger partial charge >= 0.3 is 0 Å². The smallest absolute Gasteiger partial charge is 0.259 e. The highest BCUT2D eigenvalue weighted by Gasteiger charge is 2.47. The van der Waals surface area contributed by atoms with Gasteiger partial charge in [0.05, 0.1) is 16.9 Å².